The molecule has 1 saturated heterocycles. The van der Waals surface area contributed by atoms with E-state index < -0.39 is 11.8 Å². The lowest BCUT2D eigenvalue weighted by Crippen LogP contribution is -2.54. The second-order valence-electron chi connectivity index (χ2n) is 7.95. The molecule has 1 fully saturated rings. The van der Waals surface area contributed by atoms with Crippen molar-refractivity contribution in [1.82, 2.24) is 5.32 Å². The minimum Gasteiger partial charge on any atom is -0.494 e. The topological polar surface area (TPSA) is 77.1 Å². The van der Waals surface area contributed by atoms with E-state index in [9.17, 15) is 9.59 Å². The molecule has 0 atom stereocenters. The van der Waals surface area contributed by atoms with Gasteiger partial charge in [0.25, 0.3) is 11.8 Å². The molecule has 0 spiro atoms. The molecular formula is C27H21Cl2IN2O5S. The van der Waals surface area contributed by atoms with E-state index in [1.165, 1.54) is 18.1 Å². The first-order valence-corrected chi connectivity index (χ1v) is 13.5. The zero-order valence-corrected chi connectivity index (χ0v) is 24.7. The second kappa shape index (κ2) is 12.3. The molecule has 0 aromatic heterocycles. The van der Waals surface area contributed by atoms with E-state index in [1.807, 2.05) is 6.92 Å². The molecular weight excluding hydrogens is 662 g/mol. The summed E-state index contributed by atoms with van der Waals surface area (Å²) in [6.45, 7) is 2.52. The summed E-state index contributed by atoms with van der Waals surface area (Å²) in [5.74, 6) is 0.353. The third-order valence-corrected chi connectivity index (χ3v) is 7.11. The highest BCUT2D eigenvalue weighted by Gasteiger charge is 2.34. The van der Waals surface area contributed by atoms with Crippen molar-refractivity contribution in [1.29, 1.82) is 0 Å². The molecule has 1 aliphatic rings. The van der Waals surface area contributed by atoms with E-state index in [0.29, 0.717) is 48.7 Å². The Hall–Kier alpha value is -2.86. The molecule has 1 aliphatic heterocycles. The fourth-order valence-corrected chi connectivity index (χ4v) is 5.21. The summed E-state index contributed by atoms with van der Waals surface area (Å²) in [5, 5.41) is 3.60. The fraction of sp³-hybridized carbons (Fsp3) is 0.148. The quantitative estimate of drug-likeness (QED) is 0.128. The smallest absolute Gasteiger partial charge is 0.270 e. The predicted octanol–water partition coefficient (Wildman–Crippen LogP) is 6.42. The van der Waals surface area contributed by atoms with Crippen LogP contribution in [0.25, 0.3) is 6.08 Å². The number of carbonyl (C=O) groups excluding carboxylic acids is 2. The molecule has 0 radical (unpaired) electrons. The molecule has 0 aliphatic carbocycles. The number of benzene rings is 3. The lowest BCUT2D eigenvalue weighted by molar-refractivity contribution is -0.122. The maximum absolute atomic E-state index is 13.4. The van der Waals surface area contributed by atoms with Crippen molar-refractivity contribution < 1.29 is 23.8 Å². The zero-order chi connectivity index (χ0) is 27.4. The molecule has 0 bridgehead atoms. The number of anilines is 1. The summed E-state index contributed by atoms with van der Waals surface area (Å²) in [4.78, 5) is 27.5. The van der Waals surface area contributed by atoms with Crippen LogP contribution in [0.1, 0.15) is 18.1 Å². The third kappa shape index (κ3) is 6.23. The van der Waals surface area contributed by atoms with Gasteiger partial charge in [-0.1, -0.05) is 35.3 Å². The highest BCUT2D eigenvalue weighted by molar-refractivity contribution is 14.1. The van der Waals surface area contributed by atoms with Crippen molar-refractivity contribution in [3.05, 3.63) is 84.9 Å². The highest BCUT2D eigenvalue weighted by Crippen LogP contribution is 2.36. The molecule has 3 aromatic rings. The van der Waals surface area contributed by atoms with Crippen LogP contribution in [0.15, 0.2) is 60.2 Å². The van der Waals surface area contributed by atoms with Gasteiger partial charge in [-0.3, -0.25) is 19.8 Å². The molecule has 3 aromatic carbocycles. The number of nitrogens with zero attached hydrogens (tertiary/aromatic N) is 1. The Morgan fingerprint density at radius 2 is 1.87 bits per heavy atom. The first-order chi connectivity index (χ1) is 18.2. The number of carbonyl (C=O) groups is 2. The Labute approximate surface area is 248 Å². The van der Waals surface area contributed by atoms with Gasteiger partial charge in [-0.2, -0.15) is 0 Å². The molecule has 1 N–H and O–H groups in total. The van der Waals surface area contributed by atoms with Gasteiger partial charge in [0.1, 0.15) is 17.9 Å². The number of hydrogen-bond acceptors (Lipinski definition) is 6. The number of hydrogen-bond donors (Lipinski definition) is 1. The molecule has 2 amide bonds. The van der Waals surface area contributed by atoms with Crippen molar-refractivity contribution in [2.45, 2.75) is 13.5 Å². The van der Waals surface area contributed by atoms with Crippen LogP contribution in [0, 0.1) is 3.57 Å². The van der Waals surface area contributed by atoms with Crippen LogP contribution >= 0.6 is 58.0 Å². The van der Waals surface area contributed by atoms with Crippen LogP contribution in [-0.2, 0) is 16.2 Å². The van der Waals surface area contributed by atoms with Crippen molar-refractivity contribution >= 4 is 86.7 Å². The summed E-state index contributed by atoms with van der Waals surface area (Å²) in [6.07, 6.45) is 1.49. The van der Waals surface area contributed by atoms with Gasteiger partial charge < -0.3 is 14.2 Å². The molecule has 38 heavy (non-hydrogen) atoms. The maximum atomic E-state index is 13.4. The number of nitrogens with one attached hydrogen (secondary N) is 1. The lowest BCUT2D eigenvalue weighted by Gasteiger charge is -2.29. The van der Waals surface area contributed by atoms with Crippen LogP contribution in [0.4, 0.5) is 5.69 Å². The van der Waals surface area contributed by atoms with E-state index in [0.717, 1.165) is 5.56 Å². The average Bonchev–Trinajstić information content (AvgIpc) is 2.87. The van der Waals surface area contributed by atoms with Gasteiger partial charge in [-0.25, -0.2) is 0 Å². The number of halogens is 3. The molecule has 196 valence electrons. The Morgan fingerprint density at radius 3 is 2.58 bits per heavy atom. The van der Waals surface area contributed by atoms with Gasteiger partial charge >= 0.3 is 0 Å². The molecule has 11 heteroatoms. The zero-order valence-electron chi connectivity index (χ0n) is 20.2. The second-order valence-corrected chi connectivity index (χ2v) is 10.3. The molecule has 7 nitrogen and oxygen atoms in total. The van der Waals surface area contributed by atoms with Gasteiger partial charge in [0.15, 0.2) is 16.6 Å². The van der Waals surface area contributed by atoms with Crippen LogP contribution in [-0.4, -0.2) is 30.6 Å². The average molecular weight is 683 g/mol. The van der Waals surface area contributed by atoms with E-state index in [4.69, 9.17) is 49.6 Å². The van der Waals surface area contributed by atoms with Crippen LogP contribution in [0.2, 0.25) is 10.0 Å². The number of rotatable bonds is 8. The maximum Gasteiger partial charge on any atom is 0.270 e. The van der Waals surface area contributed by atoms with Crippen LogP contribution in [0.5, 0.6) is 17.2 Å². The Bertz CT molecular complexity index is 1460. The summed E-state index contributed by atoms with van der Waals surface area (Å²) < 4.78 is 17.8. The van der Waals surface area contributed by atoms with Gasteiger partial charge in [-0.15, -0.1) is 0 Å². The number of ether oxygens (including phenoxy) is 3. The van der Waals surface area contributed by atoms with Crippen molar-refractivity contribution in [3.63, 3.8) is 0 Å². The van der Waals surface area contributed by atoms with E-state index in [-0.39, 0.29) is 17.3 Å². The van der Waals surface area contributed by atoms with E-state index >= 15 is 0 Å². The summed E-state index contributed by atoms with van der Waals surface area (Å²) in [6, 6.07) is 15.6. The monoisotopic (exact) mass is 682 g/mol. The van der Waals surface area contributed by atoms with E-state index in [1.54, 1.807) is 54.6 Å². The third-order valence-electron chi connectivity index (χ3n) is 5.44. The van der Waals surface area contributed by atoms with Gasteiger partial charge in [-0.05, 0) is 89.8 Å². The first-order valence-electron chi connectivity index (χ1n) is 11.3. The largest absolute Gasteiger partial charge is 0.494 e. The summed E-state index contributed by atoms with van der Waals surface area (Å²) >= 11 is 19.6. The molecule has 4 rings (SSSR count). The van der Waals surface area contributed by atoms with E-state index in [2.05, 4.69) is 27.9 Å². The fourth-order valence-electron chi connectivity index (χ4n) is 3.69. The van der Waals surface area contributed by atoms with Crippen molar-refractivity contribution in [3.8, 4) is 17.2 Å². The van der Waals surface area contributed by atoms with Crippen LogP contribution in [0.3, 0.4) is 0 Å². The summed E-state index contributed by atoms with van der Waals surface area (Å²) in [5.41, 5.74) is 1.72. The SMILES string of the molecule is CCOc1cccc(N2C(=O)/C(=C/c3cc(I)c(OCc4ccc(Cl)cc4Cl)c(OC)c3)C(=O)NC2=S)c1. The molecule has 0 unspecified atom stereocenters. The van der Waals surface area contributed by atoms with Crippen molar-refractivity contribution in [2.75, 3.05) is 18.6 Å². The van der Waals surface area contributed by atoms with Crippen molar-refractivity contribution in [2.24, 2.45) is 0 Å². The minimum absolute atomic E-state index is 0.0115. The number of thiocarbonyl (C=S) groups is 1. The number of amides is 2. The lowest BCUT2D eigenvalue weighted by atomic mass is 10.1. The molecule has 0 saturated carbocycles. The standard InChI is InChI=1S/C27H21Cl2IN2O5S/c1-3-36-19-6-4-5-18(13-19)32-26(34)20(25(33)31-27(32)38)9-15-10-22(30)24(23(11-15)35-2)37-14-16-7-8-17(28)12-21(16)29/h4-13H,3,14H2,1-2H3,(H,31,33,38)/b20-9+. The normalized spacial score (nSPS) is 14.5. The van der Waals surface area contributed by atoms with Gasteiger partial charge in [0.2, 0.25) is 0 Å². The van der Waals surface area contributed by atoms with Gasteiger partial charge in [0.05, 0.1) is 23.0 Å². The summed E-state index contributed by atoms with van der Waals surface area (Å²) in [7, 11) is 1.51. The Balaban J connectivity index is 1.63. The Kier molecular flexibility index (Phi) is 9.14. The van der Waals surface area contributed by atoms with Crippen LogP contribution < -0.4 is 24.4 Å². The predicted molar refractivity (Wildman–Crippen MR) is 160 cm³/mol. The highest BCUT2D eigenvalue weighted by atomic mass is 127. The first kappa shape index (κ1) is 28.2. The van der Waals surface area contributed by atoms with Gasteiger partial charge in [0, 0.05) is 21.7 Å². The molecule has 1 heterocycles. The Morgan fingerprint density at radius 1 is 1.08 bits per heavy atom. The minimum atomic E-state index is -0.594. The number of methoxy groups -OCH3 is 1.